The van der Waals surface area contributed by atoms with Crippen LogP contribution in [0.2, 0.25) is 0 Å². The van der Waals surface area contributed by atoms with Crippen LogP contribution >= 0.6 is 0 Å². The number of methoxy groups -OCH3 is 6. The first-order valence-corrected chi connectivity index (χ1v) is 27.2. The third kappa shape index (κ3) is 8.30. The Labute approximate surface area is 469 Å². The highest BCUT2D eigenvalue weighted by molar-refractivity contribution is 5.93. The van der Waals surface area contributed by atoms with Crippen LogP contribution in [-0.4, -0.2) is 86.3 Å². The minimum absolute atomic E-state index is 0.124. The molecule has 0 spiro atoms. The zero-order valence-corrected chi connectivity index (χ0v) is 47.7. The van der Waals surface area contributed by atoms with Crippen LogP contribution < -0.4 is 28.4 Å². The van der Waals surface area contributed by atoms with Gasteiger partial charge >= 0.3 is 0 Å². The van der Waals surface area contributed by atoms with E-state index >= 15 is 0 Å². The third-order valence-electron chi connectivity index (χ3n) is 16.3. The molecule has 15 nitrogen and oxygen atoms in total. The van der Waals surface area contributed by atoms with Crippen LogP contribution in [0.25, 0.3) is 100 Å². The van der Waals surface area contributed by atoms with Gasteiger partial charge in [-0.1, -0.05) is 36.4 Å². The molecule has 0 fully saturated rings. The highest BCUT2D eigenvalue weighted by atomic mass is 16.5. The van der Waals surface area contributed by atoms with Crippen molar-refractivity contribution in [2.45, 2.75) is 77.4 Å². The van der Waals surface area contributed by atoms with Crippen LogP contribution in [0, 0.1) is 0 Å². The molecule has 0 N–H and O–H groups in total. The Bertz CT molecular complexity index is 4080. The van der Waals surface area contributed by atoms with Crippen molar-refractivity contribution in [2.75, 3.05) is 42.7 Å². The molecule has 81 heavy (non-hydrogen) atoms. The Morgan fingerprint density at radius 2 is 0.519 bits per heavy atom. The summed E-state index contributed by atoms with van der Waals surface area (Å²) < 4.78 is 40.1. The van der Waals surface area contributed by atoms with Crippen LogP contribution in [0.15, 0.2) is 127 Å². The van der Waals surface area contributed by atoms with Gasteiger partial charge in [0.15, 0.2) is 51.4 Å². The lowest BCUT2D eigenvalue weighted by molar-refractivity contribution is 0.344. The van der Waals surface area contributed by atoms with Crippen LogP contribution in [0.4, 0.5) is 0 Å². The molecule has 0 aliphatic carbocycles. The van der Waals surface area contributed by atoms with E-state index in [-0.39, 0.29) is 16.6 Å². The molecule has 3 aliphatic heterocycles. The van der Waals surface area contributed by atoms with Crippen LogP contribution in [-0.2, 0) is 35.9 Å². The van der Waals surface area contributed by atoms with Gasteiger partial charge in [-0.3, -0.25) is 0 Å². The molecule has 3 aliphatic rings. The normalized spacial score (nSPS) is 14.8. The molecule has 0 bridgehead atoms. The fourth-order valence-corrected chi connectivity index (χ4v) is 12.7. The summed E-state index contributed by atoms with van der Waals surface area (Å²) in [4.78, 5) is 29.4. The van der Waals surface area contributed by atoms with Gasteiger partial charge in [0.25, 0.3) is 0 Å². The number of fused-ring (bicyclic) bond motifs is 18. The van der Waals surface area contributed by atoms with E-state index < -0.39 is 0 Å². The molecule has 15 rings (SSSR count). The number of rotatable bonds is 6. The number of aromatic nitrogens is 9. The molecule has 9 heterocycles. The highest BCUT2D eigenvalue weighted by Gasteiger charge is 2.37. The van der Waals surface area contributed by atoms with Crippen molar-refractivity contribution in [1.29, 1.82) is 0 Å². The van der Waals surface area contributed by atoms with Crippen molar-refractivity contribution < 1.29 is 28.4 Å². The second-order valence-corrected chi connectivity index (χ2v) is 22.9. The molecular formula is C66H63N9O6. The van der Waals surface area contributed by atoms with Crippen molar-refractivity contribution in [3.05, 3.63) is 144 Å². The molecule has 0 radical (unpaired) electrons. The van der Waals surface area contributed by atoms with E-state index in [2.05, 4.69) is 110 Å². The maximum Gasteiger partial charge on any atom is 0.161 e. The number of ether oxygens (including phenoxy) is 6. The van der Waals surface area contributed by atoms with Crippen LogP contribution in [0.5, 0.6) is 34.5 Å². The third-order valence-corrected chi connectivity index (χ3v) is 16.3. The summed E-state index contributed by atoms with van der Waals surface area (Å²) >= 11 is 0. The second-order valence-electron chi connectivity index (χ2n) is 22.9. The van der Waals surface area contributed by atoms with Gasteiger partial charge in [-0.15, -0.1) is 0 Å². The molecule has 408 valence electrons. The van der Waals surface area contributed by atoms with Gasteiger partial charge in [0.1, 0.15) is 16.6 Å². The molecule has 12 aromatic rings. The van der Waals surface area contributed by atoms with E-state index in [0.29, 0.717) is 0 Å². The van der Waals surface area contributed by atoms with E-state index in [0.717, 1.165) is 154 Å². The first-order chi connectivity index (χ1) is 39.0. The number of hydrogen-bond donors (Lipinski definition) is 0. The van der Waals surface area contributed by atoms with E-state index in [1.54, 1.807) is 42.7 Å². The maximum atomic E-state index is 5.54. The van der Waals surface area contributed by atoms with Crippen LogP contribution in [0.1, 0.15) is 58.2 Å². The standard InChI is InChI=1S/3C22H21N3O2/c3*1-22(2)12-13-9-19(26-3)20(27-4)10-14(13)18-11-17-21(25(18)22)24-16-8-6-5-7-15(16)23-17/h3*5-11H,12H2,1-4H3. The van der Waals surface area contributed by atoms with Gasteiger partial charge in [0.2, 0.25) is 0 Å². The lowest BCUT2D eigenvalue weighted by atomic mass is 9.86. The lowest BCUT2D eigenvalue weighted by Crippen LogP contribution is -2.33. The summed E-state index contributed by atoms with van der Waals surface area (Å²) in [6.45, 7) is 13.5. The van der Waals surface area contributed by atoms with Crippen molar-refractivity contribution in [3.8, 4) is 68.3 Å². The van der Waals surface area contributed by atoms with Crippen molar-refractivity contribution in [2.24, 2.45) is 0 Å². The SMILES string of the molecule is COc1cc2c(cc1OC)-c1cc3nc4ccccc4nc3n1C(C)(C)C2.COc1cc2c(cc1OC)-c1cc3nc4ccccc4nc3n1C(C)(C)C2.COc1cc2c(cc1OC)-c1cc3nc4ccccc4nc3n1C(C)(C)C2. The zero-order chi connectivity index (χ0) is 56.3. The molecule has 0 amide bonds. The average molecular weight is 1080 g/mol. The Hall–Kier alpha value is -9.24. The summed E-state index contributed by atoms with van der Waals surface area (Å²) in [5.41, 5.74) is 21.2. The Kier molecular flexibility index (Phi) is 12.0. The Morgan fingerprint density at radius 3 is 0.753 bits per heavy atom. The van der Waals surface area contributed by atoms with E-state index in [1.807, 2.05) is 72.8 Å². The highest BCUT2D eigenvalue weighted by Crippen LogP contribution is 2.49. The van der Waals surface area contributed by atoms with Crippen molar-refractivity contribution in [3.63, 3.8) is 0 Å². The van der Waals surface area contributed by atoms with Gasteiger partial charge in [0, 0.05) is 33.3 Å². The number of benzene rings is 6. The Morgan fingerprint density at radius 1 is 0.296 bits per heavy atom. The van der Waals surface area contributed by atoms with E-state index in [1.165, 1.54) is 16.7 Å². The number of hydrogen-bond acceptors (Lipinski definition) is 12. The zero-order valence-electron chi connectivity index (χ0n) is 47.7. The molecule has 6 aromatic heterocycles. The molecule has 0 saturated carbocycles. The smallest absolute Gasteiger partial charge is 0.161 e. The minimum Gasteiger partial charge on any atom is -0.493 e. The second kappa shape index (κ2) is 19.0. The maximum absolute atomic E-state index is 5.54. The van der Waals surface area contributed by atoms with Gasteiger partial charge in [0.05, 0.1) is 92.8 Å². The molecule has 0 atom stereocenters. The summed E-state index contributed by atoms with van der Waals surface area (Å²) in [6.07, 6.45) is 2.65. The van der Waals surface area contributed by atoms with Gasteiger partial charge < -0.3 is 42.1 Å². The Balaban J connectivity index is 0.000000114. The summed E-state index contributed by atoms with van der Waals surface area (Å²) in [7, 11) is 10.0. The molecule has 15 heteroatoms. The van der Waals surface area contributed by atoms with Crippen molar-refractivity contribution >= 4 is 66.6 Å². The van der Waals surface area contributed by atoms with Gasteiger partial charge in [-0.25, -0.2) is 29.9 Å². The monoisotopic (exact) mass is 1080 g/mol. The molecule has 0 saturated heterocycles. The molecular weight excluding hydrogens is 1010 g/mol. The molecule has 0 unspecified atom stereocenters. The summed E-state index contributed by atoms with van der Waals surface area (Å²) in [5.74, 6) is 4.49. The number of para-hydroxylation sites is 6. The van der Waals surface area contributed by atoms with Crippen molar-refractivity contribution in [1.82, 2.24) is 43.6 Å². The molecule has 6 aromatic carbocycles. The topological polar surface area (TPSA) is 148 Å². The van der Waals surface area contributed by atoms with Gasteiger partial charge in [-0.2, -0.15) is 0 Å². The van der Waals surface area contributed by atoms with Gasteiger partial charge in [-0.05, 0) is 168 Å². The number of nitrogens with zero attached hydrogens (tertiary/aromatic N) is 9. The lowest BCUT2D eigenvalue weighted by Gasteiger charge is -2.35. The summed E-state index contributed by atoms with van der Waals surface area (Å²) in [6, 6.07) is 42.9. The van der Waals surface area contributed by atoms with E-state index in [9.17, 15) is 0 Å². The summed E-state index contributed by atoms with van der Waals surface area (Å²) in [5, 5.41) is 0. The quantitative estimate of drug-likeness (QED) is 0.156. The van der Waals surface area contributed by atoms with Crippen LogP contribution in [0.3, 0.4) is 0 Å². The fraction of sp³-hybridized carbons (Fsp3) is 0.273. The largest absolute Gasteiger partial charge is 0.493 e. The fourth-order valence-electron chi connectivity index (χ4n) is 12.7. The predicted octanol–water partition coefficient (Wildman–Crippen LogP) is 13.7. The first-order valence-electron chi connectivity index (χ1n) is 27.2. The predicted molar refractivity (Wildman–Crippen MR) is 320 cm³/mol. The minimum atomic E-state index is -0.124. The first kappa shape index (κ1) is 51.2. The average Bonchev–Trinajstić information content (AvgIpc) is 4.33. The van der Waals surface area contributed by atoms with E-state index in [4.69, 9.17) is 58.3 Å².